The Hall–Kier alpha value is -1.34. The molecule has 0 bridgehead atoms. The Kier molecular flexibility index (Phi) is 9.04. The second-order valence-corrected chi connectivity index (χ2v) is 4.95. The number of hydrogen-bond donors (Lipinski definition) is 1. The first-order chi connectivity index (χ1) is 10.3. The van der Waals surface area contributed by atoms with Crippen molar-refractivity contribution in [2.45, 2.75) is 33.6 Å². The lowest BCUT2D eigenvalue weighted by molar-refractivity contribution is -0.161. The number of carboxylic acid groups (broad SMARTS) is 1. The van der Waals surface area contributed by atoms with Crippen molar-refractivity contribution in [3.8, 4) is 0 Å². The molecule has 1 rings (SSSR count). The van der Waals surface area contributed by atoms with Gasteiger partial charge >= 0.3 is 17.9 Å². The number of carbonyl (C=O) groups excluding carboxylic acids is 3. The zero-order valence-corrected chi connectivity index (χ0v) is 13.9. The van der Waals surface area contributed by atoms with Gasteiger partial charge in [-0.25, -0.2) is 0 Å². The van der Waals surface area contributed by atoms with Crippen LogP contribution < -0.4 is 0 Å². The van der Waals surface area contributed by atoms with E-state index >= 15 is 0 Å². The second-order valence-electron chi connectivity index (χ2n) is 4.64. The molecule has 0 aromatic heterocycles. The number of aliphatic carboxylic acids is 1. The first-order valence-electron chi connectivity index (χ1n) is 6.71. The van der Waals surface area contributed by atoms with Crippen LogP contribution in [-0.2, 0) is 27.8 Å². The Morgan fingerprint density at radius 1 is 0.864 bits per heavy atom. The van der Waals surface area contributed by atoms with E-state index in [1.807, 2.05) is 13.8 Å². The summed E-state index contributed by atoms with van der Waals surface area (Å²) >= 11 is 9.96. The summed E-state index contributed by atoms with van der Waals surface area (Å²) < 4.78 is 8.11. The number of halogens is 2. The van der Waals surface area contributed by atoms with Crippen LogP contribution in [0.5, 0.6) is 0 Å². The lowest BCUT2D eigenvalue weighted by atomic mass is 9.67. The van der Waals surface area contributed by atoms with Gasteiger partial charge in [-0.2, -0.15) is 0 Å². The molecule has 0 amide bonds. The molecule has 1 N–H and O–H groups in total. The Morgan fingerprint density at radius 2 is 1.23 bits per heavy atom. The molecule has 0 heterocycles. The highest BCUT2D eigenvalue weighted by Gasteiger charge is 2.49. The smallest absolute Gasteiger partial charge is 0.328 e. The standard InChI is InChI=1S/C11H12Cl2O7.C2H6/c1-4(14)5-2-7(10(17)19-12)8(11(18)20-13)3-6(5)9(15)16;1-2/h5-8H,2-3H2,1H3,(H,15,16);1-2H3. The Labute approximate surface area is 138 Å². The molecule has 0 aliphatic heterocycles. The highest BCUT2D eigenvalue weighted by molar-refractivity contribution is 6.15. The molecule has 0 aromatic rings. The predicted molar refractivity (Wildman–Crippen MR) is 76.7 cm³/mol. The van der Waals surface area contributed by atoms with E-state index in [0.717, 1.165) is 0 Å². The maximum absolute atomic E-state index is 11.6. The highest BCUT2D eigenvalue weighted by Crippen LogP contribution is 2.40. The van der Waals surface area contributed by atoms with Crippen LogP contribution in [0.25, 0.3) is 0 Å². The van der Waals surface area contributed by atoms with Gasteiger partial charge in [0.25, 0.3) is 0 Å². The summed E-state index contributed by atoms with van der Waals surface area (Å²) in [5.41, 5.74) is 0. The first kappa shape index (κ1) is 20.7. The quantitative estimate of drug-likeness (QED) is 0.823. The molecule has 0 aromatic carbocycles. The van der Waals surface area contributed by atoms with Crippen molar-refractivity contribution >= 4 is 47.4 Å². The maximum atomic E-state index is 11.6. The molecule has 1 aliphatic rings. The van der Waals surface area contributed by atoms with Crippen LogP contribution in [0, 0.1) is 23.7 Å². The van der Waals surface area contributed by atoms with Crippen molar-refractivity contribution in [3.63, 3.8) is 0 Å². The van der Waals surface area contributed by atoms with Crippen molar-refractivity contribution in [2.24, 2.45) is 23.7 Å². The highest BCUT2D eigenvalue weighted by atomic mass is 35.5. The van der Waals surface area contributed by atoms with Crippen LogP contribution in [-0.4, -0.2) is 28.8 Å². The topological polar surface area (TPSA) is 107 Å². The monoisotopic (exact) mass is 356 g/mol. The van der Waals surface area contributed by atoms with Gasteiger partial charge in [0.15, 0.2) is 0 Å². The number of carboxylic acids is 1. The second kappa shape index (κ2) is 9.63. The summed E-state index contributed by atoms with van der Waals surface area (Å²) in [5, 5.41) is 9.13. The number of Topliss-reactive ketones (excluding diaryl/α,β-unsaturated/α-hetero) is 1. The third-order valence-corrected chi connectivity index (χ3v) is 3.89. The molecule has 0 spiro atoms. The lowest BCUT2D eigenvalue weighted by Gasteiger charge is -2.35. The van der Waals surface area contributed by atoms with Crippen LogP contribution in [0.15, 0.2) is 0 Å². The van der Waals surface area contributed by atoms with Crippen LogP contribution in [0.3, 0.4) is 0 Å². The summed E-state index contributed by atoms with van der Waals surface area (Å²) in [5.74, 6) is -7.66. The molecule has 1 aliphatic carbocycles. The van der Waals surface area contributed by atoms with Crippen LogP contribution >= 0.6 is 23.7 Å². The van der Waals surface area contributed by atoms with Gasteiger partial charge in [0.05, 0.1) is 17.8 Å². The summed E-state index contributed by atoms with van der Waals surface area (Å²) in [4.78, 5) is 45.9. The minimum Gasteiger partial charge on any atom is -0.481 e. The summed E-state index contributed by atoms with van der Waals surface area (Å²) in [6, 6.07) is 0. The normalized spacial score (nSPS) is 27.0. The van der Waals surface area contributed by atoms with Crippen molar-refractivity contribution < 1.29 is 32.9 Å². The average Bonchev–Trinajstić information content (AvgIpc) is 2.53. The maximum Gasteiger partial charge on any atom is 0.328 e. The van der Waals surface area contributed by atoms with Gasteiger partial charge in [-0.05, 0) is 19.8 Å². The van der Waals surface area contributed by atoms with Crippen LogP contribution in [0.4, 0.5) is 0 Å². The Balaban J connectivity index is 0.00000211. The van der Waals surface area contributed by atoms with Gasteiger partial charge < -0.3 is 13.7 Å². The van der Waals surface area contributed by atoms with Gasteiger partial charge in [-0.1, -0.05) is 13.8 Å². The van der Waals surface area contributed by atoms with Gasteiger partial charge in [-0.3, -0.25) is 19.2 Å². The van der Waals surface area contributed by atoms with E-state index in [0.29, 0.717) is 0 Å². The summed E-state index contributed by atoms with van der Waals surface area (Å²) in [6.45, 7) is 5.23. The van der Waals surface area contributed by atoms with E-state index in [1.54, 1.807) is 0 Å². The molecule has 126 valence electrons. The largest absolute Gasteiger partial charge is 0.481 e. The number of hydrogen-bond acceptors (Lipinski definition) is 6. The lowest BCUT2D eigenvalue weighted by Crippen LogP contribution is -2.44. The summed E-state index contributed by atoms with van der Waals surface area (Å²) in [7, 11) is 0. The van der Waals surface area contributed by atoms with Gasteiger partial charge in [-0.15, -0.1) is 0 Å². The Morgan fingerprint density at radius 3 is 1.50 bits per heavy atom. The molecule has 4 unspecified atom stereocenters. The zero-order valence-electron chi connectivity index (χ0n) is 12.4. The van der Waals surface area contributed by atoms with Crippen LogP contribution in [0.1, 0.15) is 33.6 Å². The molecular weight excluding hydrogens is 339 g/mol. The van der Waals surface area contributed by atoms with Crippen LogP contribution in [0.2, 0.25) is 0 Å². The van der Waals surface area contributed by atoms with Crippen molar-refractivity contribution in [2.75, 3.05) is 0 Å². The predicted octanol–water partition coefficient (Wildman–Crippen LogP) is 2.34. The average molecular weight is 357 g/mol. The van der Waals surface area contributed by atoms with Gasteiger partial charge in [0.1, 0.15) is 29.5 Å². The fourth-order valence-corrected chi connectivity index (χ4v) is 2.79. The van der Waals surface area contributed by atoms with E-state index in [-0.39, 0.29) is 18.6 Å². The van der Waals surface area contributed by atoms with Crippen molar-refractivity contribution in [3.05, 3.63) is 0 Å². The molecule has 9 heteroatoms. The van der Waals surface area contributed by atoms with E-state index in [4.69, 9.17) is 28.8 Å². The molecular formula is C13H18Cl2O7. The number of carbonyl (C=O) groups is 4. The molecule has 0 radical (unpaired) electrons. The first-order valence-corrected chi connectivity index (χ1v) is 7.33. The van der Waals surface area contributed by atoms with Crippen molar-refractivity contribution in [1.82, 2.24) is 0 Å². The fourth-order valence-electron chi connectivity index (χ4n) is 2.56. The molecule has 4 atom stereocenters. The van der Waals surface area contributed by atoms with E-state index < -0.39 is 41.6 Å². The van der Waals surface area contributed by atoms with E-state index in [2.05, 4.69) is 8.58 Å². The molecule has 7 nitrogen and oxygen atoms in total. The molecule has 1 saturated carbocycles. The Bertz CT molecular complexity index is 398. The number of rotatable bonds is 4. The van der Waals surface area contributed by atoms with Gasteiger partial charge in [0.2, 0.25) is 0 Å². The molecule has 0 saturated heterocycles. The molecule has 1 fully saturated rings. The van der Waals surface area contributed by atoms with Gasteiger partial charge in [0, 0.05) is 5.92 Å². The van der Waals surface area contributed by atoms with E-state index in [1.165, 1.54) is 6.92 Å². The molecule has 22 heavy (non-hydrogen) atoms. The zero-order chi connectivity index (χ0) is 17.4. The fraction of sp³-hybridized carbons (Fsp3) is 0.692. The minimum absolute atomic E-state index is 0.158. The third-order valence-electron chi connectivity index (χ3n) is 3.58. The summed E-state index contributed by atoms with van der Waals surface area (Å²) in [6.07, 6.45) is -0.406. The van der Waals surface area contributed by atoms with Crippen molar-refractivity contribution in [1.29, 1.82) is 0 Å². The number of ketones is 1. The third kappa shape index (κ3) is 4.84. The van der Waals surface area contributed by atoms with E-state index in [9.17, 15) is 19.2 Å². The minimum atomic E-state index is -1.23. The SMILES string of the molecule is CC.CC(=O)C1CC(C(=O)OCl)C(C(=O)OCl)CC1C(=O)O.